The molecule has 4 unspecified atom stereocenters. The lowest BCUT2D eigenvalue weighted by Gasteiger charge is -2.40. The summed E-state index contributed by atoms with van der Waals surface area (Å²) < 4.78 is 23.4. The molecule has 0 aromatic rings. The molecule has 1 heterocycles. The number of nitrogens with one attached hydrogen (secondary N) is 1. The average molecular weight is 399 g/mol. The van der Waals surface area contributed by atoms with Crippen LogP contribution in [0.5, 0.6) is 0 Å². The number of nitrogens with zero attached hydrogens (tertiary/aromatic N) is 1. The summed E-state index contributed by atoms with van der Waals surface area (Å²) in [6.07, 6.45) is 7.94. The Morgan fingerprint density at radius 2 is 1.93 bits per heavy atom. The SMILES string of the molecule is C=C(C)C1CCC(C)(NCCN2CCC(S(C)(=O)=O)CC2)C1C(C)CCC. The number of rotatable bonds is 9. The molecule has 0 aromatic heterocycles. The fraction of sp³-hybridized carbons (Fsp3) is 0.909. The molecule has 5 heteroatoms. The van der Waals surface area contributed by atoms with Gasteiger partial charge in [-0.05, 0) is 70.4 Å². The second-order valence-corrected chi connectivity index (χ2v) is 11.8. The van der Waals surface area contributed by atoms with Crippen molar-refractivity contribution in [1.29, 1.82) is 0 Å². The van der Waals surface area contributed by atoms with E-state index in [9.17, 15) is 8.42 Å². The summed E-state index contributed by atoms with van der Waals surface area (Å²) in [5.41, 5.74) is 1.53. The lowest BCUT2D eigenvalue weighted by atomic mass is 9.72. The summed E-state index contributed by atoms with van der Waals surface area (Å²) in [6, 6.07) is 0. The minimum Gasteiger partial charge on any atom is -0.310 e. The summed E-state index contributed by atoms with van der Waals surface area (Å²) in [7, 11) is -2.88. The zero-order valence-corrected chi connectivity index (χ0v) is 19.1. The number of likely N-dealkylation sites (tertiary alicyclic amines) is 1. The van der Waals surface area contributed by atoms with Gasteiger partial charge >= 0.3 is 0 Å². The quantitative estimate of drug-likeness (QED) is 0.599. The molecule has 1 saturated carbocycles. The van der Waals surface area contributed by atoms with Gasteiger partial charge < -0.3 is 10.2 Å². The molecule has 1 aliphatic carbocycles. The van der Waals surface area contributed by atoms with Gasteiger partial charge in [-0.15, -0.1) is 0 Å². The molecule has 0 bridgehead atoms. The first-order chi connectivity index (χ1) is 12.6. The number of hydrogen-bond acceptors (Lipinski definition) is 4. The minimum absolute atomic E-state index is 0.135. The van der Waals surface area contributed by atoms with Crippen LogP contribution in [0.15, 0.2) is 12.2 Å². The van der Waals surface area contributed by atoms with Crippen LogP contribution in [-0.2, 0) is 9.84 Å². The second kappa shape index (κ2) is 9.41. The van der Waals surface area contributed by atoms with E-state index in [-0.39, 0.29) is 10.8 Å². The van der Waals surface area contributed by atoms with Crippen molar-refractivity contribution in [1.82, 2.24) is 10.2 Å². The molecule has 158 valence electrons. The van der Waals surface area contributed by atoms with Crippen molar-refractivity contribution in [3.63, 3.8) is 0 Å². The van der Waals surface area contributed by atoms with Crippen molar-refractivity contribution in [2.75, 3.05) is 32.4 Å². The first-order valence-electron chi connectivity index (χ1n) is 10.9. The van der Waals surface area contributed by atoms with Crippen molar-refractivity contribution in [3.8, 4) is 0 Å². The van der Waals surface area contributed by atoms with Gasteiger partial charge in [-0.1, -0.05) is 38.8 Å². The maximum absolute atomic E-state index is 11.7. The van der Waals surface area contributed by atoms with Crippen LogP contribution >= 0.6 is 0 Å². The third-order valence-corrected chi connectivity index (χ3v) is 8.91. The predicted molar refractivity (Wildman–Crippen MR) is 116 cm³/mol. The van der Waals surface area contributed by atoms with Gasteiger partial charge in [0.15, 0.2) is 0 Å². The topological polar surface area (TPSA) is 49.4 Å². The Morgan fingerprint density at radius 1 is 1.30 bits per heavy atom. The van der Waals surface area contributed by atoms with Crippen molar-refractivity contribution in [2.24, 2.45) is 17.8 Å². The smallest absolute Gasteiger partial charge is 0.150 e. The number of sulfone groups is 1. The molecule has 2 fully saturated rings. The molecule has 1 N–H and O–H groups in total. The van der Waals surface area contributed by atoms with E-state index in [1.54, 1.807) is 0 Å². The number of hydrogen-bond donors (Lipinski definition) is 1. The summed E-state index contributed by atoms with van der Waals surface area (Å²) >= 11 is 0. The Hall–Kier alpha value is -0.390. The highest BCUT2D eigenvalue weighted by Gasteiger charge is 2.47. The standard InChI is InChI=1S/C22H42N2O2S/c1-7-8-18(4)21-20(17(2)3)9-12-22(21,5)23-13-16-24-14-10-19(11-15-24)27(6,25)26/h18-21,23H,2,7-16H2,1,3-6H3. The molecule has 0 radical (unpaired) electrons. The highest BCUT2D eigenvalue weighted by Crippen LogP contribution is 2.48. The molecule has 0 amide bonds. The van der Waals surface area contributed by atoms with Gasteiger partial charge in [0, 0.05) is 24.9 Å². The molecular weight excluding hydrogens is 356 g/mol. The number of piperidine rings is 1. The molecule has 4 nitrogen and oxygen atoms in total. The van der Waals surface area contributed by atoms with Crippen LogP contribution in [0.2, 0.25) is 0 Å². The van der Waals surface area contributed by atoms with E-state index in [0.717, 1.165) is 39.0 Å². The molecule has 1 aliphatic heterocycles. The van der Waals surface area contributed by atoms with Crippen LogP contribution < -0.4 is 5.32 Å². The summed E-state index contributed by atoms with van der Waals surface area (Å²) in [6.45, 7) is 17.4. The zero-order chi connectivity index (χ0) is 20.2. The van der Waals surface area contributed by atoms with E-state index in [2.05, 4.69) is 44.5 Å². The van der Waals surface area contributed by atoms with Gasteiger partial charge in [0.2, 0.25) is 0 Å². The van der Waals surface area contributed by atoms with E-state index >= 15 is 0 Å². The molecule has 4 atom stereocenters. The molecule has 1 saturated heterocycles. The number of allylic oxidation sites excluding steroid dienone is 1. The summed E-state index contributed by atoms with van der Waals surface area (Å²) in [5.74, 6) is 2.00. The van der Waals surface area contributed by atoms with E-state index in [1.165, 1.54) is 37.5 Å². The van der Waals surface area contributed by atoms with Crippen LogP contribution in [-0.4, -0.2) is 56.5 Å². The predicted octanol–water partition coefficient (Wildman–Crippen LogP) is 3.88. The van der Waals surface area contributed by atoms with Crippen LogP contribution in [0.25, 0.3) is 0 Å². The van der Waals surface area contributed by atoms with Gasteiger partial charge in [-0.3, -0.25) is 0 Å². The average Bonchev–Trinajstić information content (AvgIpc) is 2.92. The van der Waals surface area contributed by atoms with Gasteiger partial charge in [0.25, 0.3) is 0 Å². The van der Waals surface area contributed by atoms with Crippen LogP contribution in [0.3, 0.4) is 0 Å². The van der Waals surface area contributed by atoms with Gasteiger partial charge in [0.05, 0.1) is 5.25 Å². The first-order valence-corrected chi connectivity index (χ1v) is 12.9. The third-order valence-electron chi connectivity index (χ3n) is 7.23. The van der Waals surface area contributed by atoms with Crippen LogP contribution in [0, 0.1) is 17.8 Å². The zero-order valence-electron chi connectivity index (χ0n) is 18.3. The fourth-order valence-corrected chi connectivity index (χ4v) is 6.79. The second-order valence-electron chi connectivity index (χ2n) is 9.50. The Morgan fingerprint density at radius 3 is 2.44 bits per heavy atom. The third kappa shape index (κ3) is 5.80. The normalized spacial score (nSPS) is 31.9. The van der Waals surface area contributed by atoms with E-state index in [1.807, 2.05) is 0 Å². The fourth-order valence-electron chi connectivity index (χ4n) is 5.72. The van der Waals surface area contributed by atoms with Crippen molar-refractivity contribution in [2.45, 2.75) is 77.0 Å². The van der Waals surface area contributed by atoms with Crippen LogP contribution in [0.4, 0.5) is 0 Å². The monoisotopic (exact) mass is 398 g/mol. The van der Waals surface area contributed by atoms with Crippen molar-refractivity contribution >= 4 is 9.84 Å². The van der Waals surface area contributed by atoms with E-state index in [4.69, 9.17) is 0 Å². The van der Waals surface area contributed by atoms with Crippen molar-refractivity contribution < 1.29 is 8.42 Å². The van der Waals surface area contributed by atoms with Gasteiger partial charge in [-0.25, -0.2) is 8.42 Å². The van der Waals surface area contributed by atoms with E-state index < -0.39 is 9.84 Å². The molecule has 0 aromatic carbocycles. The Kier molecular flexibility index (Phi) is 7.98. The minimum atomic E-state index is -2.88. The van der Waals surface area contributed by atoms with Crippen LogP contribution in [0.1, 0.15) is 66.2 Å². The summed E-state index contributed by atoms with van der Waals surface area (Å²) in [4.78, 5) is 2.42. The van der Waals surface area contributed by atoms with Gasteiger partial charge in [0.1, 0.15) is 9.84 Å². The first kappa shape index (κ1) is 22.9. The highest BCUT2D eigenvalue weighted by molar-refractivity contribution is 7.91. The molecular formula is C22H42N2O2S. The molecule has 27 heavy (non-hydrogen) atoms. The molecule has 2 rings (SSSR count). The van der Waals surface area contributed by atoms with Crippen molar-refractivity contribution in [3.05, 3.63) is 12.2 Å². The lowest BCUT2D eigenvalue weighted by molar-refractivity contribution is 0.156. The largest absolute Gasteiger partial charge is 0.310 e. The Balaban J connectivity index is 1.89. The molecule has 2 aliphatic rings. The maximum atomic E-state index is 11.7. The summed E-state index contributed by atoms with van der Waals surface area (Å²) in [5, 5.41) is 3.79. The van der Waals surface area contributed by atoms with E-state index in [0.29, 0.717) is 17.8 Å². The Bertz CT molecular complexity index is 595. The Labute approximate surface area is 168 Å². The highest BCUT2D eigenvalue weighted by atomic mass is 32.2. The molecule has 0 spiro atoms. The lowest BCUT2D eigenvalue weighted by Crippen LogP contribution is -2.52. The van der Waals surface area contributed by atoms with Gasteiger partial charge in [-0.2, -0.15) is 0 Å². The maximum Gasteiger partial charge on any atom is 0.150 e.